The van der Waals surface area contributed by atoms with E-state index in [2.05, 4.69) is 22.4 Å². The first-order valence-electron chi connectivity index (χ1n) is 12.7. The van der Waals surface area contributed by atoms with Gasteiger partial charge in [0.1, 0.15) is 5.75 Å². The number of hydrogen-bond acceptors (Lipinski definition) is 5. The second kappa shape index (κ2) is 9.16. The van der Waals surface area contributed by atoms with Crippen LogP contribution in [0.5, 0.6) is 5.75 Å². The fourth-order valence-corrected chi connectivity index (χ4v) is 6.68. The van der Waals surface area contributed by atoms with Crippen molar-refractivity contribution in [3.05, 3.63) is 105 Å². The highest BCUT2D eigenvalue weighted by Gasteiger charge is 2.52. The van der Waals surface area contributed by atoms with E-state index in [4.69, 9.17) is 4.74 Å². The van der Waals surface area contributed by atoms with Crippen LogP contribution in [0, 0.1) is 16.0 Å². The quantitative estimate of drug-likeness (QED) is 0.293. The number of nitro groups is 1. The van der Waals surface area contributed by atoms with E-state index < -0.39 is 0 Å². The number of H-pyrrole nitrogens is 1. The van der Waals surface area contributed by atoms with Crippen LogP contribution in [0.4, 0.5) is 5.69 Å². The lowest BCUT2D eigenvalue weighted by Crippen LogP contribution is -2.60. The summed E-state index contributed by atoms with van der Waals surface area (Å²) < 4.78 is 5.57. The molecular weight excluding hydrogens is 466 g/mol. The largest absolute Gasteiger partial charge is 0.497 e. The van der Waals surface area contributed by atoms with Crippen molar-refractivity contribution in [1.82, 2.24) is 10.3 Å². The molecule has 1 aliphatic carbocycles. The van der Waals surface area contributed by atoms with E-state index in [-0.39, 0.29) is 33.8 Å². The number of aromatic amines is 1. The molecule has 0 bridgehead atoms. The maximum atomic E-state index is 13.8. The topological polar surface area (TPSA) is 97.3 Å². The Morgan fingerprint density at radius 2 is 1.92 bits per heavy atom. The zero-order valence-electron chi connectivity index (χ0n) is 20.7. The first-order valence-corrected chi connectivity index (χ1v) is 12.7. The summed E-state index contributed by atoms with van der Waals surface area (Å²) in [5.41, 5.74) is 4.71. The molecule has 6 rings (SSSR count). The number of fused-ring (bicyclic) bond motifs is 4. The standard InChI is InChI=1S/C30H29N3O4/c1-37-21-10-5-9-20(16-21)30-13-14-31-29(27(34)15-19-7-3-2-4-8-19)23(30)17-22-25(18-30)32-24-11-6-12-26(28(22)24)33(35)36/h2-12,16,23,29,31-32H,13-15,17-18H2,1H3/t23?,29?,30-/m1/s1. The van der Waals surface area contributed by atoms with Crippen molar-refractivity contribution in [1.29, 1.82) is 0 Å². The number of aromatic nitrogens is 1. The average Bonchev–Trinajstić information content (AvgIpc) is 3.29. The van der Waals surface area contributed by atoms with Crippen molar-refractivity contribution in [2.75, 3.05) is 13.7 Å². The minimum absolute atomic E-state index is 0.0594. The van der Waals surface area contributed by atoms with Gasteiger partial charge >= 0.3 is 0 Å². The molecule has 2 unspecified atom stereocenters. The summed E-state index contributed by atoms with van der Waals surface area (Å²) in [7, 11) is 1.67. The van der Waals surface area contributed by atoms with Crippen molar-refractivity contribution in [2.24, 2.45) is 5.92 Å². The van der Waals surface area contributed by atoms with Gasteiger partial charge in [0.05, 0.1) is 29.0 Å². The molecule has 2 aliphatic rings. The molecule has 3 aromatic carbocycles. The Hall–Kier alpha value is -3.97. The molecule has 1 aromatic heterocycles. The molecule has 0 amide bonds. The summed E-state index contributed by atoms with van der Waals surface area (Å²) >= 11 is 0. The third-order valence-electron chi connectivity index (χ3n) is 8.37. The number of piperidine rings is 1. The summed E-state index contributed by atoms with van der Waals surface area (Å²) in [6, 6.07) is 22.8. The molecule has 0 radical (unpaired) electrons. The van der Waals surface area contributed by atoms with E-state index in [1.54, 1.807) is 19.2 Å². The smallest absolute Gasteiger partial charge is 0.279 e. The van der Waals surface area contributed by atoms with Gasteiger partial charge in [0.25, 0.3) is 5.69 Å². The first kappa shape index (κ1) is 23.4. The highest BCUT2D eigenvalue weighted by molar-refractivity contribution is 5.94. The molecule has 1 saturated heterocycles. The number of benzene rings is 3. The van der Waals surface area contributed by atoms with E-state index in [0.29, 0.717) is 31.2 Å². The number of non-ortho nitro benzene ring substituents is 1. The number of methoxy groups -OCH3 is 1. The maximum Gasteiger partial charge on any atom is 0.279 e. The van der Waals surface area contributed by atoms with Gasteiger partial charge in [-0.3, -0.25) is 14.9 Å². The molecule has 7 heteroatoms. The minimum atomic E-state index is -0.360. The third kappa shape index (κ3) is 3.90. The minimum Gasteiger partial charge on any atom is -0.497 e. The monoisotopic (exact) mass is 495 g/mol. The van der Waals surface area contributed by atoms with E-state index >= 15 is 0 Å². The van der Waals surface area contributed by atoms with Gasteiger partial charge in [-0.2, -0.15) is 0 Å². The Morgan fingerprint density at radius 1 is 1.11 bits per heavy atom. The lowest BCUT2D eigenvalue weighted by Gasteiger charge is -2.51. The van der Waals surface area contributed by atoms with Gasteiger partial charge in [0, 0.05) is 23.6 Å². The lowest BCUT2D eigenvalue weighted by atomic mass is 9.56. The molecule has 2 N–H and O–H groups in total. The Kier molecular flexibility index (Phi) is 5.80. The van der Waals surface area contributed by atoms with Gasteiger partial charge in [0.2, 0.25) is 0 Å². The number of nitro benzene ring substituents is 1. The molecule has 3 atom stereocenters. The van der Waals surface area contributed by atoms with Gasteiger partial charge in [-0.1, -0.05) is 48.5 Å². The highest BCUT2D eigenvalue weighted by atomic mass is 16.6. The van der Waals surface area contributed by atoms with Crippen LogP contribution >= 0.6 is 0 Å². The van der Waals surface area contributed by atoms with Crippen LogP contribution in [0.2, 0.25) is 0 Å². The number of hydrogen-bond donors (Lipinski definition) is 2. The predicted octanol–water partition coefficient (Wildman–Crippen LogP) is 4.91. The Morgan fingerprint density at radius 3 is 2.70 bits per heavy atom. The summed E-state index contributed by atoms with van der Waals surface area (Å²) in [4.78, 5) is 28.9. The van der Waals surface area contributed by atoms with E-state index in [1.807, 2.05) is 48.5 Å². The van der Waals surface area contributed by atoms with Crippen LogP contribution in [0.3, 0.4) is 0 Å². The number of nitrogens with zero attached hydrogens (tertiary/aromatic N) is 1. The zero-order chi connectivity index (χ0) is 25.6. The summed E-state index contributed by atoms with van der Waals surface area (Å²) in [5.74, 6) is 0.881. The predicted molar refractivity (Wildman–Crippen MR) is 142 cm³/mol. The maximum absolute atomic E-state index is 13.8. The van der Waals surface area contributed by atoms with Gasteiger partial charge in [0.15, 0.2) is 5.78 Å². The normalized spacial score (nSPS) is 22.7. The van der Waals surface area contributed by atoms with E-state index in [0.717, 1.165) is 40.1 Å². The number of ketones is 1. The van der Waals surface area contributed by atoms with Crippen molar-refractivity contribution >= 4 is 22.4 Å². The molecule has 4 aromatic rings. The molecule has 0 spiro atoms. The van der Waals surface area contributed by atoms with Gasteiger partial charge in [-0.15, -0.1) is 0 Å². The molecule has 1 fully saturated rings. The molecule has 2 heterocycles. The number of ether oxygens (including phenoxy) is 1. The number of rotatable bonds is 6. The summed E-state index contributed by atoms with van der Waals surface area (Å²) in [6.45, 7) is 0.717. The van der Waals surface area contributed by atoms with Crippen molar-refractivity contribution in [3.63, 3.8) is 0 Å². The van der Waals surface area contributed by atoms with Crippen LogP contribution in [0.15, 0.2) is 72.8 Å². The third-order valence-corrected chi connectivity index (χ3v) is 8.37. The van der Waals surface area contributed by atoms with Crippen molar-refractivity contribution in [3.8, 4) is 5.75 Å². The molecule has 0 saturated carbocycles. The number of nitrogens with one attached hydrogen (secondary N) is 2. The lowest BCUT2D eigenvalue weighted by molar-refractivity contribution is -0.383. The number of carbonyl (C=O) groups is 1. The van der Waals surface area contributed by atoms with Gasteiger partial charge in [-0.25, -0.2) is 0 Å². The van der Waals surface area contributed by atoms with E-state index in [9.17, 15) is 14.9 Å². The molecule has 37 heavy (non-hydrogen) atoms. The van der Waals surface area contributed by atoms with Gasteiger partial charge in [-0.05, 0) is 66.6 Å². The van der Waals surface area contributed by atoms with Crippen LogP contribution in [-0.2, 0) is 29.5 Å². The molecule has 188 valence electrons. The Bertz CT molecular complexity index is 1500. The Balaban J connectivity index is 1.50. The highest BCUT2D eigenvalue weighted by Crippen LogP contribution is 2.51. The van der Waals surface area contributed by atoms with Crippen LogP contribution in [0.1, 0.15) is 28.8 Å². The number of Topliss-reactive ketones (excluding diaryl/α,β-unsaturated/α-hetero) is 1. The summed E-state index contributed by atoms with van der Waals surface area (Å²) in [5, 5.41) is 16.1. The van der Waals surface area contributed by atoms with Crippen LogP contribution in [-0.4, -0.2) is 35.4 Å². The van der Waals surface area contributed by atoms with Crippen LogP contribution < -0.4 is 10.1 Å². The summed E-state index contributed by atoms with van der Waals surface area (Å²) in [6.07, 6.45) is 2.47. The second-order valence-electron chi connectivity index (χ2n) is 10.2. The molecule has 7 nitrogen and oxygen atoms in total. The number of carbonyl (C=O) groups excluding carboxylic acids is 1. The van der Waals surface area contributed by atoms with Crippen molar-refractivity contribution in [2.45, 2.75) is 37.1 Å². The molecular formula is C30H29N3O4. The Labute approximate surface area is 215 Å². The van der Waals surface area contributed by atoms with Crippen LogP contribution in [0.25, 0.3) is 10.9 Å². The van der Waals surface area contributed by atoms with Gasteiger partial charge < -0.3 is 15.0 Å². The average molecular weight is 496 g/mol. The fraction of sp³-hybridized carbons (Fsp3) is 0.300. The second-order valence-corrected chi connectivity index (χ2v) is 10.2. The van der Waals surface area contributed by atoms with Crippen molar-refractivity contribution < 1.29 is 14.5 Å². The molecule has 1 aliphatic heterocycles. The van der Waals surface area contributed by atoms with E-state index in [1.165, 1.54) is 0 Å². The zero-order valence-corrected chi connectivity index (χ0v) is 20.7. The SMILES string of the molecule is COc1cccc([C@]23CCNC(C(=O)Cc4ccccc4)C2Cc2c([nH]c4cccc([N+](=O)[O-])c24)C3)c1. The first-order chi connectivity index (χ1) is 18.0. The fourth-order valence-electron chi connectivity index (χ4n) is 6.68.